The van der Waals surface area contributed by atoms with Crippen molar-refractivity contribution in [3.05, 3.63) is 64.2 Å². The first-order valence-corrected chi connectivity index (χ1v) is 14.4. The minimum absolute atomic E-state index is 0.0102. The zero-order valence-electron chi connectivity index (χ0n) is 22.0. The van der Waals surface area contributed by atoms with Crippen molar-refractivity contribution in [2.24, 2.45) is 0 Å². The van der Waals surface area contributed by atoms with Gasteiger partial charge in [-0.05, 0) is 75.4 Å². The molecule has 0 spiro atoms. The molecular formula is C27H38ClN3O4S. The van der Waals surface area contributed by atoms with Crippen LogP contribution in [0.1, 0.15) is 56.7 Å². The van der Waals surface area contributed by atoms with Gasteiger partial charge in [-0.1, -0.05) is 42.8 Å². The molecule has 2 aromatic carbocycles. The number of sulfonamides is 1. The number of rotatable bonds is 12. The second-order valence-electron chi connectivity index (χ2n) is 9.37. The highest BCUT2D eigenvalue weighted by Crippen LogP contribution is 2.25. The zero-order valence-corrected chi connectivity index (χ0v) is 23.6. The van der Waals surface area contributed by atoms with Crippen LogP contribution in [0.5, 0.6) is 0 Å². The highest BCUT2D eigenvalue weighted by atomic mass is 35.5. The Morgan fingerprint density at radius 3 is 2.39 bits per heavy atom. The Morgan fingerprint density at radius 1 is 1.08 bits per heavy atom. The quantitative estimate of drug-likeness (QED) is 0.421. The fraction of sp³-hybridized carbons (Fsp3) is 0.481. The van der Waals surface area contributed by atoms with Gasteiger partial charge in [-0.2, -0.15) is 0 Å². The van der Waals surface area contributed by atoms with Crippen LogP contribution in [0.25, 0.3) is 0 Å². The van der Waals surface area contributed by atoms with Crippen molar-refractivity contribution < 1.29 is 18.0 Å². The molecule has 2 amide bonds. The van der Waals surface area contributed by atoms with E-state index in [2.05, 4.69) is 5.32 Å². The van der Waals surface area contributed by atoms with Gasteiger partial charge in [-0.25, -0.2) is 8.42 Å². The molecule has 36 heavy (non-hydrogen) atoms. The third-order valence-electron chi connectivity index (χ3n) is 6.20. The summed E-state index contributed by atoms with van der Waals surface area (Å²) in [5.41, 5.74) is 3.22. The second kappa shape index (κ2) is 13.1. The van der Waals surface area contributed by atoms with E-state index >= 15 is 0 Å². The molecule has 0 aromatic heterocycles. The first kappa shape index (κ1) is 29.6. The Labute approximate surface area is 220 Å². The van der Waals surface area contributed by atoms with Crippen LogP contribution in [0.2, 0.25) is 5.02 Å². The van der Waals surface area contributed by atoms with Crippen LogP contribution in [0.3, 0.4) is 0 Å². The molecule has 1 N–H and O–H groups in total. The van der Waals surface area contributed by atoms with E-state index in [-0.39, 0.29) is 37.4 Å². The number of nitrogens with one attached hydrogen (secondary N) is 1. The van der Waals surface area contributed by atoms with Gasteiger partial charge in [0.25, 0.3) is 0 Å². The van der Waals surface area contributed by atoms with Gasteiger partial charge in [0, 0.05) is 30.6 Å². The number of anilines is 1. The molecular weight excluding hydrogens is 498 g/mol. The average Bonchev–Trinajstić information content (AvgIpc) is 2.80. The molecule has 0 saturated heterocycles. The van der Waals surface area contributed by atoms with E-state index in [1.165, 1.54) is 15.5 Å². The predicted molar refractivity (Wildman–Crippen MR) is 147 cm³/mol. The highest BCUT2D eigenvalue weighted by molar-refractivity contribution is 7.92. The Kier molecular flexibility index (Phi) is 10.8. The molecule has 0 unspecified atom stereocenters. The second-order valence-corrected chi connectivity index (χ2v) is 11.7. The third-order valence-corrected chi connectivity index (χ3v) is 7.61. The summed E-state index contributed by atoms with van der Waals surface area (Å²) in [5.74, 6) is -0.455. The summed E-state index contributed by atoms with van der Waals surface area (Å²) in [7, 11) is -3.55. The van der Waals surface area contributed by atoms with Crippen LogP contribution in [0, 0.1) is 13.8 Å². The number of hydrogen-bond acceptors (Lipinski definition) is 4. The van der Waals surface area contributed by atoms with Crippen LogP contribution in [0.4, 0.5) is 5.69 Å². The molecule has 2 rings (SSSR count). The lowest BCUT2D eigenvalue weighted by Gasteiger charge is -2.30. The molecule has 0 aliphatic heterocycles. The maximum atomic E-state index is 13.4. The number of aryl methyl sites for hydroxylation is 2. The fourth-order valence-corrected chi connectivity index (χ4v) is 5.08. The molecule has 2 atom stereocenters. The van der Waals surface area contributed by atoms with Gasteiger partial charge >= 0.3 is 0 Å². The van der Waals surface area contributed by atoms with Crippen molar-refractivity contribution in [3.63, 3.8) is 0 Å². The van der Waals surface area contributed by atoms with Gasteiger partial charge < -0.3 is 10.2 Å². The molecule has 198 valence electrons. The first-order valence-electron chi connectivity index (χ1n) is 12.2. The van der Waals surface area contributed by atoms with Gasteiger partial charge in [-0.15, -0.1) is 0 Å². The molecule has 0 heterocycles. The Morgan fingerprint density at radius 2 is 1.78 bits per heavy atom. The highest BCUT2D eigenvalue weighted by Gasteiger charge is 2.27. The van der Waals surface area contributed by atoms with Crippen molar-refractivity contribution in [2.45, 2.75) is 72.5 Å². The molecule has 0 bridgehead atoms. The number of carbonyl (C=O) groups is 2. The number of amides is 2. The van der Waals surface area contributed by atoms with Crippen LogP contribution < -0.4 is 9.62 Å². The molecule has 0 radical (unpaired) electrons. The zero-order chi connectivity index (χ0) is 27.0. The fourth-order valence-electron chi connectivity index (χ4n) is 3.85. The van der Waals surface area contributed by atoms with E-state index in [4.69, 9.17) is 11.6 Å². The Bertz CT molecular complexity index is 1170. The van der Waals surface area contributed by atoms with Crippen molar-refractivity contribution in [1.82, 2.24) is 10.2 Å². The van der Waals surface area contributed by atoms with Gasteiger partial charge in [0.1, 0.15) is 6.04 Å². The SMILES string of the molecule is CC[C@@H](C)NC(=O)[C@H](C)N(Cc1cccc(Cl)c1)C(=O)CCCN(c1cc(C)ccc1C)S(C)(=O)=O. The van der Waals surface area contributed by atoms with Crippen molar-refractivity contribution in [1.29, 1.82) is 0 Å². The monoisotopic (exact) mass is 535 g/mol. The summed E-state index contributed by atoms with van der Waals surface area (Å²) >= 11 is 6.14. The molecule has 2 aromatic rings. The summed E-state index contributed by atoms with van der Waals surface area (Å²) in [5, 5.41) is 3.49. The number of hydrogen-bond donors (Lipinski definition) is 1. The summed E-state index contributed by atoms with van der Waals surface area (Å²) in [6.45, 7) is 9.76. The third kappa shape index (κ3) is 8.52. The molecule has 7 nitrogen and oxygen atoms in total. The van der Waals surface area contributed by atoms with Crippen LogP contribution >= 0.6 is 11.6 Å². The predicted octanol–water partition coefficient (Wildman–Crippen LogP) is 4.84. The lowest BCUT2D eigenvalue weighted by atomic mass is 10.1. The van der Waals surface area contributed by atoms with E-state index in [1.807, 2.05) is 52.0 Å². The number of halogens is 1. The standard InChI is InChI=1S/C27H38ClN3O4S/c1-7-21(4)29-27(33)22(5)30(18-23-10-8-11-24(28)17-23)26(32)12-9-15-31(36(6,34)35)25-16-19(2)13-14-20(25)3/h8,10-11,13-14,16-17,21-22H,7,9,12,15,18H2,1-6H3,(H,29,33)/t21-,22+/m1/s1. The van der Waals surface area contributed by atoms with Crippen LogP contribution in [-0.2, 0) is 26.2 Å². The molecule has 0 aliphatic carbocycles. The lowest BCUT2D eigenvalue weighted by Crippen LogP contribution is -2.49. The number of nitrogens with zero attached hydrogens (tertiary/aromatic N) is 2. The summed E-state index contributed by atoms with van der Waals surface area (Å²) in [4.78, 5) is 27.8. The number of benzene rings is 2. The van der Waals surface area contributed by atoms with Crippen LogP contribution in [-0.4, -0.2) is 50.0 Å². The Hall–Kier alpha value is -2.58. The summed E-state index contributed by atoms with van der Waals surface area (Å²) in [6, 6.07) is 12.1. The summed E-state index contributed by atoms with van der Waals surface area (Å²) < 4.78 is 26.5. The van der Waals surface area contributed by atoms with E-state index < -0.39 is 16.1 Å². The summed E-state index contributed by atoms with van der Waals surface area (Å²) in [6.07, 6.45) is 2.35. The lowest BCUT2D eigenvalue weighted by molar-refractivity contribution is -0.140. The average molecular weight is 536 g/mol. The van der Waals surface area contributed by atoms with Gasteiger partial charge in [-0.3, -0.25) is 13.9 Å². The van der Waals surface area contributed by atoms with Crippen molar-refractivity contribution in [2.75, 3.05) is 17.1 Å². The minimum Gasteiger partial charge on any atom is -0.352 e. The van der Waals surface area contributed by atoms with Gasteiger partial charge in [0.05, 0.1) is 11.9 Å². The molecule has 0 saturated carbocycles. The normalized spacial score (nSPS) is 13.1. The Balaban J connectivity index is 2.21. The molecule has 0 aliphatic rings. The van der Waals surface area contributed by atoms with E-state index in [9.17, 15) is 18.0 Å². The minimum atomic E-state index is -3.55. The van der Waals surface area contributed by atoms with Crippen molar-refractivity contribution in [3.8, 4) is 0 Å². The van der Waals surface area contributed by atoms with Gasteiger partial charge in [0.2, 0.25) is 21.8 Å². The molecule has 9 heteroatoms. The van der Waals surface area contributed by atoms with Crippen molar-refractivity contribution >= 4 is 39.1 Å². The van der Waals surface area contributed by atoms with Crippen LogP contribution in [0.15, 0.2) is 42.5 Å². The van der Waals surface area contributed by atoms with E-state index in [0.717, 1.165) is 23.1 Å². The maximum absolute atomic E-state index is 13.4. The smallest absolute Gasteiger partial charge is 0.242 e. The topological polar surface area (TPSA) is 86.8 Å². The largest absolute Gasteiger partial charge is 0.352 e. The first-order chi connectivity index (χ1) is 16.8. The van der Waals surface area contributed by atoms with Gasteiger partial charge in [0.15, 0.2) is 0 Å². The maximum Gasteiger partial charge on any atom is 0.242 e. The van der Waals surface area contributed by atoms with E-state index in [1.54, 1.807) is 25.1 Å². The molecule has 0 fully saturated rings. The van der Waals surface area contributed by atoms with E-state index in [0.29, 0.717) is 17.1 Å². The number of carbonyl (C=O) groups excluding carboxylic acids is 2.